The summed E-state index contributed by atoms with van der Waals surface area (Å²) in [5, 5.41) is 11.6. The molecular weight excluding hydrogens is 219 g/mol. The molecule has 0 aliphatic rings. The van der Waals surface area contributed by atoms with Crippen molar-refractivity contribution in [2.45, 2.75) is 6.30 Å². The van der Waals surface area contributed by atoms with Gasteiger partial charge in [0, 0.05) is 6.20 Å². The summed E-state index contributed by atoms with van der Waals surface area (Å²) in [6.07, 6.45) is 0.454. The first kappa shape index (κ1) is 8.19. The van der Waals surface area contributed by atoms with Gasteiger partial charge in [-0.2, -0.15) is 5.10 Å². The van der Waals surface area contributed by atoms with Crippen LogP contribution >= 0.6 is 15.9 Å². The zero-order valence-electron chi connectivity index (χ0n) is 5.24. The molecule has 0 spiro atoms. The zero-order valence-corrected chi connectivity index (χ0v) is 6.82. The lowest BCUT2D eigenvalue weighted by Crippen LogP contribution is -2.14. The summed E-state index contributed by atoms with van der Waals surface area (Å²) < 4.78 is 13.8. The van der Waals surface area contributed by atoms with Crippen LogP contribution in [0.2, 0.25) is 0 Å². The Balaban J connectivity index is 2.84. The van der Waals surface area contributed by atoms with Gasteiger partial charge in [-0.3, -0.25) is 0 Å². The van der Waals surface area contributed by atoms with E-state index in [1.165, 1.54) is 12.4 Å². The summed E-state index contributed by atoms with van der Waals surface area (Å²) in [4.78, 5) is 10.1. The lowest BCUT2D eigenvalue weighted by molar-refractivity contribution is -0.146. The number of halogens is 2. The SMILES string of the molecule is O=C(O)C(F)n1cc(Br)cn1. The second kappa shape index (κ2) is 3.00. The predicted molar refractivity (Wildman–Crippen MR) is 37.7 cm³/mol. The van der Waals surface area contributed by atoms with Crippen molar-refractivity contribution in [3.63, 3.8) is 0 Å². The average Bonchev–Trinajstić information content (AvgIpc) is 2.34. The number of carbonyl (C=O) groups is 1. The standard InChI is InChI=1S/C5H4BrFN2O2/c6-3-1-8-9(2-3)4(7)5(10)11/h1-2,4H,(H,10,11). The van der Waals surface area contributed by atoms with Crippen LogP contribution in [0.25, 0.3) is 0 Å². The first-order valence-electron chi connectivity index (χ1n) is 2.68. The van der Waals surface area contributed by atoms with E-state index < -0.39 is 12.3 Å². The third-order valence-electron chi connectivity index (χ3n) is 1.01. The van der Waals surface area contributed by atoms with Gasteiger partial charge in [-0.25, -0.2) is 13.9 Å². The van der Waals surface area contributed by atoms with Crippen molar-refractivity contribution < 1.29 is 14.3 Å². The normalized spacial score (nSPS) is 12.9. The van der Waals surface area contributed by atoms with Crippen LogP contribution in [-0.4, -0.2) is 20.9 Å². The average molecular weight is 223 g/mol. The van der Waals surface area contributed by atoms with Gasteiger partial charge in [0.2, 0.25) is 0 Å². The Bertz CT molecular complexity index is 275. The topological polar surface area (TPSA) is 55.1 Å². The molecule has 0 aliphatic carbocycles. The second-order valence-corrected chi connectivity index (χ2v) is 2.73. The number of alkyl halides is 1. The number of aliphatic carboxylic acids is 1. The monoisotopic (exact) mass is 222 g/mol. The zero-order chi connectivity index (χ0) is 8.43. The highest BCUT2D eigenvalue weighted by Crippen LogP contribution is 2.12. The van der Waals surface area contributed by atoms with Crippen LogP contribution < -0.4 is 0 Å². The molecule has 0 aromatic carbocycles. The summed E-state index contributed by atoms with van der Waals surface area (Å²) >= 11 is 3.01. The molecule has 1 heterocycles. The van der Waals surface area contributed by atoms with E-state index in [0.29, 0.717) is 9.15 Å². The van der Waals surface area contributed by atoms with Gasteiger partial charge in [0.1, 0.15) is 0 Å². The Labute approximate surface area is 69.8 Å². The molecule has 0 radical (unpaired) electrons. The minimum Gasteiger partial charge on any atom is -0.478 e. The molecule has 11 heavy (non-hydrogen) atoms. The minimum atomic E-state index is -2.11. The summed E-state index contributed by atoms with van der Waals surface area (Å²) in [5.74, 6) is -1.56. The predicted octanol–water partition coefficient (Wildman–Crippen LogP) is 1.20. The summed E-state index contributed by atoms with van der Waals surface area (Å²) in [5.41, 5.74) is 0. The van der Waals surface area contributed by atoms with Crippen LogP contribution in [0.15, 0.2) is 16.9 Å². The molecule has 1 N–H and O–H groups in total. The highest BCUT2D eigenvalue weighted by Gasteiger charge is 2.17. The minimum absolute atomic E-state index is 0.543. The van der Waals surface area contributed by atoms with E-state index in [1.54, 1.807) is 0 Å². The second-order valence-electron chi connectivity index (χ2n) is 1.81. The fourth-order valence-electron chi connectivity index (χ4n) is 0.552. The van der Waals surface area contributed by atoms with Crippen molar-refractivity contribution in [2.75, 3.05) is 0 Å². The Morgan fingerprint density at radius 1 is 1.91 bits per heavy atom. The largest absolute Gasteiger partial charge is 0.478 e. The van der Waals surface area contributed by atoms with E-state index in [4.69, 9.17) is 5.11 Å². The molecule has 0 aliphatic heterocycles. The molecule has 4 nitrogen and oxygen atoms in total. The maximum Gasteiger partial charge on any atom is 0.361 e. The lowest BCUT2D eigenvalue weighted by atomic mass is 10.6. The smallest absolute Gasteiger partial charge is 0.361 e. The number of nitrogens with zero attached hydrogens (tertiary/aromatic N) is 2. The molecule has 0 saturated heterocycles. The highest BCUT2D eigenvalue weighted by atomic mass is 79.9. The number of aromatic nitrogens is 2. The van der Waals surface area contributed by atoms with Gasteiger partial charge in [0.05, 0.1) is 10.7 Å². The molecule has 1 aromatic rings. The quantitative estimate of drug-likeness (QED) is 0.819. The number of rotatable bonds is 2. The van der Waals surface area contributed by atoms with Gasteiger partial charge >= 0.3 is 5.97 Å². The van der Waals surface area contributed by atoms with E-state index in [1.807, 2.05) is 0 Å². The lowest BCUT2D eigenvalue weighted by Gasteiger charge is -2.00. The number of carboxylic acid groups (broad SMARTS) is 1. The maximum atomic E-state index is 12.6. The molecule has 6 heteroatoms. The van der Waals surface area contributed by atoms with E-state index in [0.717, 1.165) is 0 Å². The Kier molecular flexibility index (Phi) is 2.23. The fourth-order valence-corrected chi connectivity index (χ4v) is 0.853. The third-order valence-corrected chi connectivity index (χ3v) is 1.42. The molecule has 1 rings (SSSR count). The van der Waals surface area contributed by atoms with Crippen LogP contribution in [0.1, 0.15) is 6.30 Å². The molecule has 0 fully saturated rings. The molecule has 0 saturated carbocycles. The van der Waals surface area contributed by atoms with E-state index >= 15 is 0 Å². The van der Waals surface area contributed by atoms with Crippen LogP contribution in [0.3, 0.4) is 0 Å². The number of carboxylic acids is 1. The van der Waals surface area contributed by atoms with Crippen molar-refractivity contribution in [1.29, 1.82) is 0 Å². The molecule has 1 unspecified atom stereocenters. The number of hydrogen-bond acceptors (Lipinski definition) is 2. The van der Waals surface area contributed by atoms with Crippen molar-refractivity contribution in [1.82, 2.24) is 9.78 Å². The number of hydrogen-bond donors (Lipinski definition) is 1. The molecular formula is C5H4BrFN2O2. The first-order chi connectivity index (χ1) is 5.11. The Morgan fingerprint density at radius 3 is 2.91 bits per heavy atom. The van der Waals surface area contributed by atoms with Gasteiger partial charge in [0.15, 0.2) is 0 Å². The summed E-state index contributed by atoms with van der Waals surface area (Å²) in [7, 11) is 0. The van der Waals surface area contributed by atoms with Crippen LogP contribution in [0.5, 0.6) is 0 Å². The van der Waals surface area contributed by atoms with E-state index in [2.05, 4.69) is 21.0 Å². The van der Waals surface area contributed by atoms with Gasteiger partial charge in [-0.15, -0.1) is 0 Å². The Hall–Kier alpha value is -0.910. The molecule has 0 amide bonds. The molecule has 60 valence electrons. The van der Waals surface area contributed by atoms with Gasteiger partial charge in [-0.05, 0) is 15.9 Å². The molecule has 1 aromatic heterocycles. The van der Waals surface area contributed by atoms with Crippen LogP contribution in [0.4, 0.5) is 4.39 Å². The fraction of sp³-hybridized carbons (Fsp3) is 0.200. The summed E-state index contributed by atoms with van der Waals surface area (Å²) in [6, 6.07) is 0. The van der Waals surface area contributed by atoms with Gasteiger partial charge in [0.25, 0.3) is 6.30 Å². The van der Waals surface area contributed by atoms with Crippen molar-refractivity contribution >= 4 is 21.9 Å². The first-order valence-corrected chi connectivity index (χ1v) is 3.47. The van der Waals surface area contributed by atoms with E-state index in [-0.39, 0.29) is 0 Å². The van der Waals surface area contributed by atoms with Gasteiger partial charge in [-0.1, -0.05) is 0 Å². The third kappa shape index (κ3) is 1.76. The van der Waals surface area contributed by atoms with Crippen molar-refractivity contribution in [3.05, 3.63) is 16.9 Å². The molecule has 1 atom stereocenters. The van der Waals surface area contributed by atoms with Crippen LogP contribution in [-0.2, 0) is 4.79 Å². The van der Waals surface area contributed by atoms with Crippen LogP contribution in [0, 0.1) is 0 Å². The van der Waals surface area contributed by atoms with Crippen molar-refractivity contribution in [3.8, 4) is 0 Å². The maximum absolute atomic E-state index is 12.6. The van der Waals surface area contributed by atoms with Crippen molar-refractivity contribution in [2.24, 2.45) is 0 Å². The van der Waals surface area contributed by atoms with Gasteiger partial charge < -0.3 is 5.11 Å². The Morgan fingerprint density at radius 2 is 2.55 bits per heavy atom. The summed E-state index contributed by atoms with van der Waals surface area (Å²) in [6.45, 7) is 0. The van der Waals surface area contributed by atoms with E-state index in [9.17, 15) is 9.18 Å². The molecule has 0 bridgehead atoms. The highest BCUT2D eigenvalue weighted by molar-refractivity contribution is 9.10.